The van der Waals surface area contributed by atoms with Crippen LogP contribution in [0.4, 0.5) is 0 Å². The van der Waals surface area contributed by atoms with Crippen LogP contribution in [-0.2, 0) is 0 Å². The summed E-state index contributed by atoms with van der Waals surface area (Å²) in [7, 11) is 2.60. The largest absolute Gasteiger partial charge is 0.224 e. The summed E-state index contributed by atoms with van der Waals surface area (Å²) in [4.78, 5) is 4.05. The first-order valence-electron chi connectivity index (χ1n) is 2.76. The Labute approximate surface area is 103 Å². The smallest absolute Gasteiger partial charge is 0.179 e. The van der Waals surface area contributed by atoms with Gasteiger partial charge in [0.15, 0.2) is 9.82 Å². The standard InChI is InChI=1S/C5Br2ClN3S2/c6-2(1-9)3(7)10-5-4(8)11-13-12-5/b3-2+,10-5+. The number of allylic oxidation sites excluding steroid dienone is 1. The Hall–Kier alpha value is 0.260. The maximum atomic E-state index is 8.52. The van der Waals surface area contributed by atoms with Crippen LogP contribution in [0.15, 0.2) is 14.1 Å². The van der Waals surface area contributed by atoms with Crippen LogP contribution < -0.4 is 4.67 Å². The first-order valence-corrected chi connectivity index (χ1v) is 6.84. The summed E-state index contributed by atoms with van der Waals surface area (Å²) >= 11 is 11.9. The second-order valence-corrected chi connectivity index (χ2v) is 5.41. The third-order valence-electron chi connectivity index (χ3n) is 0.889. The first kappa shape index (κ1) is 11.3. The van der Waals surface area contributed by atoms with Crippen molar-refractivity contribution in [2.45, 2.75) is 0 Å². The molecule has 0 spiro atoms. The van der Waals surface area contributed by atoms with Gasteiger partial charge in [0.05, 0.1) is 0 Å². The van der Waals surface area contributed by atoms with Gasteiger partial charge in [-0.1, -0.05) is 11.6 Å². The van der Waals surface area contributed by atoms with Crippen molar-refractivity contribution < 1.29 is 0 Å². The number of hydrogen-bond donors (Lipinski definition) is 0. The summed E-state index contributed by atoms with van der Waals surface area (Å²) in [5.74, 6) is 0. The van der Waals surface area contributed by atoms with Crippen molar-refractivity contribution in [1.29, 1.82) is 5.26 Å². The highest BCUT2D eigenvalue weighted by molar-refractivity contribution is 9.14. The van der Waals surface area contributed by atoms with E-state index in [-0.39, 0.29) is 0 Å². The van der Waals surface area contributed by atoms with Crippen LogP contribution in [-0.4, -0.2) is 4.37 Å². The third kappa shape index (κ3) is 3.14. The first-order chi connectivity index (χ1) is 6.15. The van der Waals surface area contributed by atoms with Crippen molar-refractivity contribution >= 4 is 64.3 Å². The van der Waals surface area contributed by atoms with E-state index in [2.05, 4.69) is 41.2 Å². The van der Waals surface area contributed by atoms with Gasteiger partial charge in [0.2, 0.25) is 0 Å². The lowest BCUT2D eigenvalue weighted by Gasteiger charge is -1.86. The van der Waals surface area contributed by atoms with Gasteiger partial charge in [-0.2, -0.15) is 9.64 Å². The molecule has 0 saturated carbocycles. The lowest BCUT2D eigenvalue weighted by atomic mass is 10.7. The average molecular weight is 361 g/mol. The van der Waals surface area contributed by atoms with Gasteiger partial charge in [0.1, 0.15) is 15.2 Å². The molecule has 0 aromatic carbocycles. The lowest BCUT2D eigenvalue weighted by molar-refractivity contribution is 1.36. The van der Waals surface area contributed by atoms with Crippen molar-refractivity contribution in [3.8, 4) is 6.07 Å². The van der Waals surface area contributed by atoms with Gasteiger partial charge in [0.25, 0.3) is 0 Å². The Morgan fingerprint density at radius 1 is 1.62 bits per heavy atom. The molecule has 1 rings (SSSR count). The van der Waals surface area contributed by atoms with Gasteiger partial charge in [0, 0.05) is 10.5 Å². The molecule has 0 amide bonds. The molecule has 8 heteroatoms. The van der Waals surface area contributed by atoms with Gasteiger partial charge >= 0.3 is 0 Å². The minimum atomic E-state index is 0.321. The molecule has 0 radical (unpaired) electrons. The van der Waals surface area contributed by atoms with E-state index in [9.17, 15) is 0 Å². The summed E-state index contributed by atoms with van der Waals surface area (Å²) < 4.78 is 5.17. The van der Waals surface area contributed by atoms with Crippen molar-refractivity contribution in [3.63, 3.8) is 0 Å². The number of nitrogens with zero attached hydrogens (tertiary/aromatic N) is 3. The monoisotopic (exact) mass is 359 g/mol. The van der Waals surface area contributed by atoms with Crippen LogP contribution in [0.1, 0.15) is 0 Å². The molecule has 1 aromatic rings. The summed E-state index contributed by atoms with van der Waals surface area (Å²) in [6.45, 7) is 0. The fourth-order valence-electron chi connectivity index (χ4n) is 0.409. The fourth-order valence-corrected chi connectivity index (χ4v) is 2.86. The minimum absolute atomic E-state index is 0.321. The van der Waals surface area contributed by atoms with E-state index in [1.807, 2.05) is 6.07 Å². The van der Waals surface area contributed by atoms with Gasteiger partial charge in [-0.05, 0) is 42.2 Å². The van der Waals surface area contributed by atoms with E-state index >= 15 is 0 Å². The van der Waals surface area contributed by atoms with Crippen LogP contribution in [0.3, 0.4) is 0 Å². The van der Waals surface area contributed by atoms with E-state index in [0.717, 1.165) is 0 Å². The predicted molar refractivity (Wildman–Crippen MR) is 61.1 cm³/mol. The van der Waals surface area contributed by atoms with Crippen LogP contribution in [0.25, 0.3) is 0 Å². The molecule has 0 N–H and O–H groups in total. The molecular weight excluding hydrogens is 361 g/mol. The Bertz CT molecular complexity index is 441. The zero-order valence-electron chi connectivity index (χ0n) is 5.79. The Morgan fingerprint density at radius 3 is 2.77 bits per heavy atom. The maximum absolute atomic E-state index is 8.52. The second-order valence-electron chi connectivity index (χ2n) is 1.67. The molecule has 0 saturated heterocycles. The molecule has 0 fully saturated rings. The topological polar surface area (TPSA) is 49.0 Å². The zero-order valence-corrected chi connectivity index (χ0v) is 11.4. The second kappa shape index (κ2) is 5.22. The van der Waals surface area contributed by atoms with Crippen LogP contribution in [0.5, 0.6) is 0 Å². The van der Waals surface area contributed by atoms with E-state index in [4.69, 9.17) is 16.9 Å². The number of aromatic nitrogens is 1. The summed E-state index contributed by atoms with van der Waals surface area (Å²) in [5.41, 5.74) is 0. The summed E-state index contributed by atoms with van der Waals surface area (Å²) in [6, 6.07) is 1.90. The molecule has 68 valence electrons. The Balaban J connectivity index is 3.19. The predicted octanol–water partition coefficient (Wildman–Crippen LogP) is 3.24. The van der Waals surface area contributed by atoms with Gasteiger partial charge in [-0.3, -0.25) is 0 Å². The van der Waals surface area contributed by atoms with E-state index in [0.29, 0.717) is 18.9 Å². The number of nitriles is 1. The summed E-state index contributed by atoms with van der Waals surface area (Å²) in [5, 5.41) is 8.87. The highest BCUT2D eigenvalue weighted by atomic mass is 79.9. The molecule has 1 heterocycles. The molecule has 3 nitrogen and oxygen atoms in total. The maximum Gasteiger partial charge on any atom is 0.179 e. The molecular formula is C5Br2ClN3S2. The quantitative estimate of drug-likeness (QED) is 0.438. The minimum Gasteiger partial charge on any atom is -0.224 e. The molecule has 13 heavy (non-hydrogen) atoms. The molecule has 1 aromatic heterocycles. The van der Waals surface area contributed by atoms with Gasteiger partial charge < -0.3 is 0 Å². The van der Waals surface area contributed by atoms with Crippen molar-refractivity contribution in [2.24, 2.45) is 4.99 Å². The third-order valence-corrected chi connectivity index (χ3v) is 4.72. The van der Waals surface area contributed by atoms with E-state index < -0.39 is 0 Å². The normalized spacial score (nSPS) is 13.8. The van der Waals surface area contributed by atoms with Gasteiger partial charge in [-0.15, -0.1) is 0 Å². The molecule has 0 aliphatic rings. The van der Waals surface area contributed by atoms with Crippen molar-refractivity contribution in [2.75, 3.05) is 0 Å². The van der Waals surface area contributed by atoms with Crippen molar-refractivity contribution in [3.05, 3.63) is 18.9 Å². The Kier molecular flexibility index (Phi) is 4.55. The number of hydrogen-bond acceptors (Lipinski definition) is 5. The fraction of sp³-hybridized carbons (Fsp3) is 0. The molecule has 0 aliphatic heterocycles. The SMILES string of the molecule is N#C/C(Br)=C(Br)\N=c1\ssnc1Cl. The number of halogens is 3. The van der Waals surface area contributed by atoms with E-state index in [1.54, 1.807) is 0 Å². The summed E-state index contributed by atoms with van der Waals surface area (Å²) in [6.07, 6.45) is 0. The molecule has 0 unspecified atom stereocenters. The van der Waals surface area contributed by atoms with E-state index in [1.165, 1.54) is 20.9 Å². The average Bonchev–Trinajstić information content (AvgIpc) is 2.50. The molecule has 0 bridgehead atoms. The molecule has 0 atom stereocenters. The zero-order chi connectivity index (χ0) is 9.84. The molecule has 0 aliphatic carbocycles. The number of rotatable bonds is 1. The lowest BCUT2D eigenvalue weighted by Crippen LogP contribution is -1.93. The Morgan fingerprint density at radius 2 is 2.31 bits per heavy atom. The van der Waals surface area contributed by atoms with Crippen molar-refractivity contribution in [1.82, 2.24) is 4.37 Å². The van der Waals surface area contributed by atoms with Crippen LogP contribution >= 0.6 is 64.3 Å². The van der Waals surface area contributed by atoms with Crippen LogP contribution in [0.2, 0.25) is 5.15 Å². The van der Waals surface area contributed by atoms with Gasteiger partial charge in [-0.25, -0.2) is 4.99 Å². The highest BCUT2D eigenvalue weighted by Crippen LogP contribution is 2.18. The highest BCUT2D eigenvalue weighted by Gasteiger charge is 2.00. The van der Waals surface area contributed by atoms with Crippen LogP contribution in [0, 0.1) is 11.3 Å².